The molecule has 2 N–H and O–H groups in total. The summed E-state index contributed by atoms with van der Waals surface area (Å²) in [7, 11) is 1.82. The third-order valence-corrected chi connectivity index (χ3v) is 5.10. The van der Waals surface area contributed by atoms with Crippen molar-refractivity contribution in [1.82, 2.24) is 39.2 Å². The van der Waals surface area contributed by atoms with Crippen LogP contribution in [0.2, 0.25) is 0 Å². The van der Waals surface area contributed by atoms with E-state index < -0.39 is 0 Å². The Labute approximate surface area is 160 Å². The summed E-state index contributed by atoms with van der Waals surface area (Å²) in [6.07, 6.45) is 1.83. The van der Waals surface area contributed by atoms with Crippen LogP contribution in [-0.4, -0.2) is 63.3 Å². The van der Waals surface area contributed by atoms with Gasteiger partial charge in [0.2, 0.25) is 5.91 Å². The van der Waals surface area contributed by atoms with Gasteiger partial charge in [-0.2, -0.15) is 9.50 Å². The highest BCUT2D eigenvalue weighted by atomic mass is 16.3. The van der Waals surface area contributed by atoms with Crippen molar-refractivity contribution in [2.24, 2.45) is 7.05 Å². The Morgan fingerprint density at radius 3 is 2.93 bits per heavy atom. The highest BCUT2D eigenvalue weighted by Crippen LogP contribution is 2.26. The maximum Gasteiger partial charge on any atom is 0.274 e. The molecule has 1 amide bonds. The van der Waals surface area contributed by atoms with Crippen LogP contribution < -0.4 is 5.56 Å². The van der Waals surface area contributed by atoms with Gasteiger partial charge in [0.15, 0.2) is 5.82 Å². The number of aryl methyl sites for hydroxylation is 1. The molecule has 1 aliphatic rings. The van der Waals surface area contributed by atoms with Crippen molar-refractivity contribution in [2.75, 3.05) is 13.1 Å². The van der Waals surface area contributed by atoms with Gasteiger partial charge in [0.1, 0.15) is 18.3 Å². The Morgan fingerprint density at radius 1 is 1.36 bits per heavy atom. The first kappa shape index (κ1) is 18.3. The number of piperidine rings is 1. The number of aliphatic hydroxyl groups is 1. The number of carbonyl (C=O) groups is 1. The first-order valence-corrected chi connectivity index (χ1v) is 9.18. The van der Waals surface area contributed by atoms with Gasteiger partial charge in [-0.1, -0.05) is 0 Å². The molecule has 1 saturated heterocycles. The lowest BCUT2D eigenvalue weighted by atomic mass is 9.97. The van der Waals surface area contributed by atoms with Crippen molar-refractivity contribution >= 4 is 11.7 Å². The van der Waals surface area contributed by atoms with Gasteiger partial charge >= 0.3 is 0 Å². The third-order valence-electron chi connectivity index (χ3n) is 5.10. The minimum Gasteiger partial charge on any atom is -0.388 e. The molecule has 0 radical (unpaired) electrons. The van der Waals surface area contributed by atoms with Gasteiger partial charge in [-0.05, 0) is 19.8 Å². The summed E-state index contributed by atoms with van der Waals surface area (Å²) in [6, 6.07) is 1.41. The minimum atomic E-state index is -0.256. The van der Waals surface area contributed by atoms with Gasteiger partial charge in [0.05, 0.1) is 6.42 Å². The van der Waals surface area contributed by atoms with Gasteiger partial charge in [-0.15, -0.1) is 10.2 Å². The van der Waals surface area contributed by atoms with E-state index in [-0.39, 0.29) is 36.2 Å². The van der Waals surface area contributed by atoms with Crippen LogP contribution >= 0.6 is 0 Å². The van der Waals surface area contributed by atoms with E-state index in [1.165, 1.54) is 10.6 Å². The lowest BCUT2D eigenvalue weighted by Crippen LogP contribution is -2.40. The van der Waals surface area contributed by atoms with Crippen LogP contribution in [0.3, 0.4) is 0 Å². The van der Waals surface area contributed by atoms with Crippen LogP contribution in [0.5, 0.6) is 0 Å². The van der Waals surface area contributed by atoms with Crippen molar-refractivity contribution in [1.29, 1.82) is 0 Å². The minimum absolute atomic E-state index is 0.0648. The Hall–Kier alpha value is -3.08. The molecule has 1 fully saturated rings. The van der Waals surface area contributed by atoms with E-state index in [2.05, 4.69) is 25.3 Å². The van der Waals surface area contributed by atoms with Crippen molar-refractivity contribution in [3.63, 3.8) is 0 Å². The molecule has 0 aliphatic carbocycles. The van der Waals surface area contributed by atoms with Gasteiger partial charge in [-0.3, -0.25) is 14.7 Å². The first-order valence-electron chi connectivity index (χ1n) is 9.18. The van der Waals surface area contributed by atoms with Crippen molar-refractivity contribution < 1.29 is 9.90 Å². The largest absolute Gasteiger partial charge is 0.388 e. The molecule has 4 rings (SSSR count). The van der Waals surface area contributed by atoms with Crippen LogP contribution in [-0.2, 0) is 24.9 Å². The highest BCUT2D eigenvalue weighted by Gasteiger charge is 2.28. The lowest BCUT2D eigenvalue weighted by molar-refractivity contribution is -0.131. The number of amides is 1. The van der Waals surface area contributed by atoms with Crippen molar-refractivity contribution in [3.05, 3.63) is 39.6 Å². The average Bonchev–Trinajstić information content (AvgIpc) is 3.24. The van der Waals surface area contributed by atoms with Crippen LogP contribution in [0.15, 0.2) is 10.9 Å². The molecule has 3 aromatic rings. The van der Waals surface area contributed by atoms with E-state index in [0.29, 0.717) is 30.4 Å². The van der Waals surface area contributed by atoms with Crippen molar-refractivity contribution in [3.8, 4) is 0 Å². The molecule has 11 heteroatoms. The van der Waals surface area contributed by atoms with Crippen molar-refractivity contribution in [2.45, 2.75) is 38.7 Å². The number of aliphatic hydroxyl groups excluding tert-OH is 1. The molecule has 1 atom stereocenters. The number of aromatic amines is 1. The molecule has 0 aromatic carbocycles. The number of H-pyrrole nitrogens is 1. The fourth-order valence-corrected chi connectivity index (χ4v) is 3.65. The number of likely N-dealkylation sites (tertiary alicyclic amines) is 1. The monoisotopic (exact) mass is 386 g/mol. The normalized spacial score (nSPS) is 17.4. The summed E-state index contributed by atoms with van der Waals surface area (Å²) < 4.78 is 3.03. The number of rotatable bonds is 4. The van der Waals surface area contributed by atoms with Crippen LogP contribution in [0.1, 0.15) is 41.9 Å². The fourth-order valence-electron chi connectivity index (χ4n) is 3.65. The molecule has 11 nitrogen and oxygen atoms in total. The molecule has 3 aromatic heterocycles. The van der Waals surface area contributed by atoms with Crippen LogP contribution in [0.4, 0.5) is 0 Å². The molecular weight excluding hydrogens is 364 g/mol. The smallest absolute Gasteiger partial charge is 0.274 e. The molecule has 0 saturated carbocycles. The Bertz CT molecular complexity index is 1080. The second-order valence-corrected chi connectivity index (χ2v) is 7.09. The number of aromatic nitrogens is 7. The van der Waals surface area contributed by atoms with E-state index in [0.717, 1.165) is 18.7 Å². The summed E-state index contributed by atoms with van der Waals surface area (Å²) >= 11 is 0. The molecule has 28 heavy (non-hydrogen) atoms. The molecule has 1 aliphatic heterocycles. The fraction of sp³-hybridized carbons (Fsp3) is 0.529. The summed E-state index contributed by atoms with van der Waals surface area (Å²) in [5, 5.41) is 20.3. The number of nitrogens with one attached hydrogen (secondary N) is 1. The van der Waals surface area contributed by atoms with Gasteiger partial charge in [0.25, 0.3) is 11.3 Å². The average molecular weight is 386 g/mol. The van der Waals surface area contributed by atoms with E-state index in [1.54, 1.807) is 16.4 Å². The third kappa shape index (κ3) is 3.28. The number of fused-ring (bicyclic) bond motifs is 1. The molecule has 4 heterocycles. The maximum absolute atomic E-state index is 12.8. The predicted molar refractivity (Wildman–Crippen MR) is 97.5 cm³/mol. The summed E-state index contributed by atoms with van der Waals surface area (Å²) in [5.41, 5.74) is 0.327. The Balaban J connectivity index is 1.49. The predicted octanol–water partition coefficient (Wildman–Crippen LogP) is -0.704. The van der Waals surface area contributed by atoms with Crippen LogP contribution in [0.25, 0.3) is 5.78 Å². The Kier molecular flexibility index (Phi) is 4.67. The zero-order valence-electron chi connectivity index (χ0n) is 15.8. The lowest BCUT2D eigenvalue weighted by Gasteiger charge is -2.32. The summed E-state index contributed by atoms with van der Waals surface area (Å²) in [6.45, 7) is 2.76. The van der Waals surface area contributed by atoms with Gasteiger partial charge < -0.3 is 14.6 Å². The zero-order chi connectivity index (χ0) is 19.8. The summed E-state index contributed by atoms with van der Waals surface area (Å²) in [5.74, 6) is 1.95. The topological polar surface area (TPSA) is 134 Å². The molecule has 0 unspecified atom stereocenters. The van der Waals surface area contributed by atoms with Gasteiger partial charge in [-0.25, -0.2) is 4.98 Å². The molecule has 0 spiro atoms. The number of hydrogen-bond acceptors (Lipinski definition) is 7. The maximum atomic E-state index is 12.8. The number of nitrogens with zero attached hydrogens (tertiary/aromatic N) is 7. The first-order chi connectivity index (χ1) is 13.5. The number of hydrogen-bond donors (Lipinski definition) is 2. The van der Waals surface area contributed by atoms with E-state index in [4.69, 9.17) is 0 Å². The molecule has 148 valence electrons. The second kappa shape index (κ2) is 7.15. The highest BCUT2D eigenvalue weighted by molar-refractivity contribution is 5.78. The number of carbonyl (C=O) groups excluding carboxylic acids is 1. The van der Waals surface area contributed by atoms with Gasteiger partial charge in [0, 0.05) is 37.8 Å². The Morgan fingerprint density at radius 2 is 2.18 bits per heavy atom. The standard InChI is InChI=1S/C17H22N8O3/c1-10-6-15(28)25-17(18-10)19-12(22-25)7-14(27)24-5-3-4-11(8-24)16-21-20-13(9-26)23(16)2/h6,11,26H,3-5,7-9H2,1-2H3,(H,18,19,22)/t11-/m0/s1. The SMILES string of the molecule is Cc1cc(=O)n2[nH]c(CC(=O)N3CCC[C@H](c4nnc(CO)n4C)C3)nc2n1. The van der Waals surface area contributed by atoms with E-state index >= 15 is 0 Å². The molecule has 0 bridgehead atoms. The van der Waals surface area contributed by atoms with E-state index in [1.807, 2.05) is 7.05 Å². The zero-order valence-corrected chi connectivity index (χ0v) is 15.8. The van der Waals surface area contributed by atoms with E-state index in [9.17, 15) is 14.7 Å². The quantitative estimate of drug-likeness (QED) is 0.605. The summed E-state index contributed by atoms with van der Waals surface area (Å²) in [4.78, 5) is 35.0. The second-order valence-electron chi connectivity index (χ2n) is 7.09. The van der Waals surface area contributed by atoms with Crippen LogP contribution in [0, 0.1) is 6.92 Å². The molecular formula is C17H22N8O3.